The first-order chi connectivity index (χ1) is 8.74. The Balaban J connectivity index is 2.83. The molecule has 0 saturated carbocycles. The normalized spacial score (nSPS) is 13.1. The van der Waals surface area contributed by atoms with Crippen molar-refractivity contribution in [2.45, 2.75) is 39.7 Å². The fourth-order valence-corrected chi connectivity index (χ4v) is 1.77. The highest BCUT2D eigenvalue weighted by Gasteiger charge is 2.20. The van der Waals surface area contributed by atoms with E-state index in [2.05, 4.69) is 20.8 Å². The van der Waals surface area contributed by atoms with Crippen LogP contribution in [0.1, 0.15) is 32.8 Å². The van der Waals surface area contributed by atoms with Gasteiger partial charge in [-0.15, -0.1) is 0 Å². The average molecular weight is 266 g/mol. The van der Waals surface area contributed by atoms with E-state index in [0.29, 0.717) is 12.2 Å². The number of hydrogen-bond donors (Lipinski definition) is 1. The molecule has 0 radical (unpaired) electrons. The van der Waals surface area contributed by atoms with Crippen molar-refractivity contribution in [2.24, 2.45) is 11.1 Å². The van der Waals surface area contributed by atoms with Crippen LogP contribution >= 0.6 is 0 Å². The molecule has 0 amide bonds. The van der Waals surface area contributed by atoms with Gasteiger partial charge < -0.3 is 10.5 Å². The van der Waals surface area contributed by atoms with Crippen molar-refractivity contribution in [2.75, 3.05) is 7.11 Å². The van der Waals surface area contributed by atoms with Crippen molar-refractivity contribution in [1.29, 1.82) is 0 Å². The summed E-state index contributed by atoms with van der Waals surface area (Å²) in [6.07, 6.45) is 1.49. The molecule has 0 saturated heterocycles. The molecule has 1 rings (SSSR count). The molecule has 2 N–H and O–H groups in total. The van der Waals surface area contributed by atoms with Crippen molar-refractivity contribution in [3.8, 4) is 5.75 Å². The van der Waals surface area contributed by atoms with E-state index in [9.17, 15) is 10.1 Å². The number of nitrogens with zero attached hydrogens (tertiary/aromatic N) is 1. The molecule has 0 aliphatic heterocycles. The Morgan fingerprint density at radius 1 is 1.37 bits per heavy atom. The van der Waals surface area contributed by atoms with E-state index in [0.717, 1.165) is 12.0 Å². The summed E-state index contributed by atoms with van der Waals surface area (Å²) in [5, 5.41) is 10.8. The fraction of sp³-hybridized carbons (Fsp3) is 0.571. The van der Waals surface area contributed by atoms with Crippen LogP contribution in [0.2, 0.25) is 0 Å². The second-order valence-electron chi connectivity index (χ2n) is 5.81. The van der Waals surface area contributed by atoms with Crippen LogP contribution in [0.5, 0.6) is 5.75 Å². The van der Waals surface area contributed by atoms with Gasteiger partial charge >= 0.3 is 0 Å². The van der Waals surface area contributed by atoms with E-state index in [1.54, 1.807) is 6.07 Å². The standard InChI is InChI=1S/C14H22N2O3/c1-14(2,3)13(15)6-5-10-7-11(16(17)18)9-12(8-10)19-4/h7-9,13H,5-6,15H2,1-4H3. The first kappa shape index (κ1) is 15.4. The maximum absolute atomic E-state index is 10.8. The van der Waals surface area contributed by atoms with Gasteiger partial charge in [0, 0.05) is 12.1 Å². The van der Waals surface area contributed by atoms with Gasteiger partial charge in [-0.2, -0.15) is 0 Å². The molecular formula is C14H22N2O3. The van der Waals surface area contributed by atoms with Crippen LogP contribution in [0.4, 0.5) is 5.69 Å². The number of rotatable bonds is 5. The number of methoxy groups -OCH3 is 1. The molecule has 5 heteroatoms. The van der Waals surface area contributed by atoms with E-state index < -0.39 is 4.92 Å². The zero-order chi connectivity index (χ0) is 14.6. The number of nitro benzene ring substituents is 1. The summed E-state index contributed by atoms with van der Waals surface area (Å²) >= 11 is 0. The van der Waals surface area contributed by atoms with Crippen molar-refractivity contribution in [1.82, 2.24) is 0 Å². The zero-order valence-electron chi connectivity index (χ0n) is 12.0. The number of non-ortho nitro benzene ring substituents is 1. The summed E-state index contributed by atoms with van der Waals surface area (Å²) in [6.45, 7) is 6.27. The Labute approximate surface area is 113 Å². The predicted molar refractivity (Wildman–Crippen MR) is 75.4 cm³/mol. The minimum Gasteiger partial charge on any atom is -0.496 e. The summed E-state index contributed by atoms with van der Waals surface area (Å²) in [5.74, 6) is 0.508. The van der Waals surface area contributed by atoms with E-state index in [1.807, 2.05) is 6.07 Å². The van der Waals surface area contributed by atoms with Gasteiger partial charge in [-0.25, -0.2) is 0 Å². The van der Waals surface area contributed by atoms with Crippen LogP contribution in [-0.4, -0.2) is 18.1 Å². The van der Waals surface area contributed by atoms with Crippen LogP contribution in [-0.2, 0) is 6.42 Å². The molecule has 0 bridgehead atoms. The molecule has 0 spiro atoms. The monoisotopic (exact) mass is 266 g/mol. The van der Waals surface area contributed by atoms with Gasteiger partial charge in [0.05, 0.1) is 18.1 Å². The van der Waals surface area contributed by atoms with Crippen LogP contribution in [0.25, 0.3) is 0 Å². The molecule has 1 unspecified atom stereocenters. The SMILES string of the molecule is COc1cc(CCC(N)C(C)(C)C)cc([N+](=O)[O-])c1. The van der Waals surface area contributed by atoms with Crippen LogP contribution in [0.3, 0.4) is 0 Å². The number of hydrogen-bond acceptors (Lipinski definition) is 4. The molecular weight excluding hydrogens is 244 g/mol. The highest BCUT2D eigenvalue weighted by molar-refractivity contribution is 5.42. The minimum absolute atomic E-state index is 0.0325. The van der Waals surface area contributed by atoms with Gasteiger partial charge in [-0.3, -0.25) is 10.1 Å². The Kier molecular flexibility index (Phi) is 4.89. The highest BCUT2D eigenvalue weighted by atomic mass is 16.6. The number of nitro groups is 1. The van der Waals surface area contributed by atoms with Crippen LogP contribution < -0.4 is 10.5 Å². The molecule has 0 heterocycles. The number of nitrogens with two attached hydrogens (primary N) is 1. The number of ether oxygens (including phenoxy) is 1. The summed E-state index contributed by atoms with van der Waals surface area (Å²) in [4.78, 5) is 10.4. The molecule has 1 aromatic carbocycles. The largest absolute Gasteiger partial charge is 0.496 e. The third kappa shape index (κ3) is 4.52. The molecule has 19 heavy (non-hydrogen) atoms. The lowest BCUT2D eigenvalue weighted by molar-refractivity contribution is -0.385. The van der Waals surface area contributed by atoms with Crippen LogP contribution in [0, 0.1) is 15.5 Å². The van der Waals surface area contributed by atoms with Gasteiger partial charge in [0.15, 0.2) is 0 Å². The summed E-state index contributed by atoms with van der Waals surface area (Å²) in [5.41, 5.74) is 7.07. The van der Waals surface area contributed by atoms with E-state index in [-0.39, 0.29) is 17.1 Å². The smallest absolute Gasteiger partial charge is 0.273 e. The number of benzene rings is 1. The summed E-state index contributed by atoms with van der Waals surface area (Å²) in [6, 6.07) is 4.88. The summed E-state index contributed by atoms with van der Waals surface area (Å²) < 4.78 is 5.08. The zero-order valence-corrected chi connectivity index (χ0v) is 12.0. The van der Waals surface area contributed by atoms with Gasteiger partial charge in [-0.05, 0) is 29.9 Å². The predicted octanol–water partition coefficient (Wildman–Crippen LogP) is 2.91. The average Bonchev–Trinajstić information content (AvgIpc) is 2.34. The third-order valence-electron chi connectivity index (χ3n) is 3.25. The molecule has 106 valence electrons. The fourth-order valence-electron chi connectivity index (χ4n) is 1.77. The molecule has 5 nitrogen and oxygen atoms in total. The topological polar surface area (TPSA) is 78.4 Å². The quantitative estimate of drug-likeness (QED) is 0.656. The first-order valence-electron chi connectivity index (χ1n) is 6.32. The Morgan fingerprint density at radius 3 is 2.47 bits per heavy atom. The maximum atomic E-state index is 10.8. The van der Waals surface area contributed by atoms with Crippen molar-refractivity contribution >= 4 is 5.69 Å². The molecule has 0 fully saturated rings. The molecule has 0 aliphatic rings. The van der Waals surface area contributed by atoms with Gasteiger partial charge in [0.25, 0.3) is 5.69 Å². The lowest BCUT2D eigenvalue weighted by Crippen LogP contribution is -2.35. The van der Waals surface area contributed by atoms with E-state index in [1.165, 1.54) is 13.2 Å². The van der Waals surface area contributed by atoms with Gasteiger partial charge in [0.1, 0.15) is 5.75 Å². The van der Waals surface area contributed by atoms with Crippen LogP contribution in [0.15, 0.2) is 18.2 Å². The van der Waals surface area contributed by atoms with Gasteiger partial charge in [0.2, 0.25) is 0 Å². The molecule has 0 aromatic heterocycles. The Hall–Kier alpha value is -1.62. The second-order valence-corrected chi connectivity index (χ2v) is 5.81. The first-order valence-corrected chi connectivity index (χ1v) is 6.32. The second kappa shape index (κ2) is 6.02. The molecule has 0 aliphatic carbocycles. The minimum atomic E-state index is -0.407. The maximum Gasteiger partial charge on any atom is 0.273 e. The summed E-state index contributed by atoms with van der Waals surface area (Å²) in [7, 11) is 1.50. The highest BCUT2D eigenvalue weighted by Crippen LogP contribution is 2.25. The van der Waals surface area contributed by atoms with Crippen molar-refractivity contribution in [3.05, 3.63) is 33.9 Å². The van der Waals surface area contributed by atoms with Gasteiger partial charge in [-0.1, -0.05) is 20.8 Å². The third-order valence-corrected chi connectivity index (χ3v) is 3.25. The number of aryl methyl sites for hydroxylation is 1. The van der Waals surface area contributed by atoms with Crippen molar-refractivity contribution < 1.29 is 9.66 Å². The Morgan fingerprint density at radius 2 is 2.00 bits per heavy atom. The van der Waals surface area contributed by atoms with E-state index in [4.69, 9.17) is 10.5 Å². The molecule has 1 aromatic rings. The lowest BCUT2D eigenvalue weighted by Gasteiger charge is -2.27. The molecule has 1 atom stereocenters. The van der Waals surface area contributed by atoms with E-state index >= 15 is 0 Å². The van der Waals surface area contributed by atoms with Crippen molar-refractivity contribution in [3.63, 3.8) is 0 Å². The Bertz CT molecular complexity index is 452. The lowest BCUT2D eigenvalue weighted by atomic mass is 9.84.